The summed E-state index contributed by atoms with van der Waals surface area (Å²) in [7, 11) is 0. The third kappa shape index (κ3) is 7.91. The van der Waals surface area contributed by atoms with Gasteiger partial charge in [-0.25, -0.2) is 0 Å². The number of nitrogens with zero attached hydrogens (tertiary/aromatic N) is 3. The molecule has 0 unspecified atom stereocenters. The molecular formula is C67H70BN3O. The fourth-order valence-electron chi connectivity index (χ4n) is 11.3. The Kier molecular flexibility index (Phi) is 11.1. The van der Waals surface area contributed by atoms with E-state index in [1.807, 2.05) is 0 Å². The predicted octanol–water partition coefficient (Wildman–Crippen LogP) is 17.5. The molecule has 0 saturated heterocycles. The summed E-state index contributed by atoms with van der Waals surface area (Å²) in [6.45, 7) is 32.4. The third-order valence-electron chi connectivity index (χ3n) is 15.4. The van der Waals surface area contributed by atoms with E-state index in [-0.39, 0.29) is 28.4 Å². The Morgan fingerprint density at radius 2 is 0.875 bits per heavy atom. The molecule has 362 valence electrons. The minimum absolute atomic E-state index is 0.0420. The minimum Gasteiger partial charge on any atom is -0.454 e. The van der Waals surface area contributed by atoms with Crippen LogP contribution in [0.5, 0.6) is 0 Å². The van der Waals surface area contributed by atoms with Gasteiger partial charge in [0.15, 0.2) is 5.58 Å². The van der Waals surface area contributed by atoms with E-state index in [9.17, 15) is 0 Å². The number of furan rings is 1. The number of para-hydroxylation sites is 3. The molecule has 0 amide bonds. The topological polar surface area (TPSA) is 22.9 Å². The van der Waals surface area contributed by atoms with Crippen LogP contribution in [0, 0.1) is 0 Å². The number of benzene rings is 8. The quantitative estimate of drug-likeness (QED) is 0.155. The standard InChI is InChI=1S/C67H70BN3O/c1-42(2)51-28-20-29-52-53-30-21-31-56(63(53)72-62(51)52)69(47-24-16-15-17-25-47)50-40-59-61-60(41-50)71(49-27-19-23-44(37-49)65(6,7)8)58-39-46(67(12,13)14)33-35-55(58)68(61)54-34-32-45(66(9,10)11)38-57(54)70(59)48-26-18-22-43(36-48)64(3,4)5/h15-42H,1-14H3. The molecule has 72 heavy (non-hydrogen) atoms. The van der Waals surface area contributed by atoms with Gasteiger partial charge in [0, 0.05) is 50.6 Å². The van der Waals surface area contributed by atoms with Gasteiger partial charge in [-0.15, -0.1) is 0 Å². The Morgan fingerprint density at radius 1 is 0.417 bits per heavy atom. The average molecular weight is 944 g/mol. The summed E-state index contributed by atoms with van der Waals surface area (Å²) in [5, 5.41) is 2.25. The van der Waals surface area contributed by atoms with E-state index in [0.717, 1.165) is 50.4 Å². The van der Waals surface area contributed by atoms with Crippen LogP contribution in [0.15, 0.2) is 168 Å². The smallest absolute Gasteiger partial charge is 0.252 e. The SMILES string of the molecule is CC(C)c1cccc2c1oc1c(N(c3ccccc3)c3cc4c5c(c3)N(c3cccc(C(C)(C)C)c3)c3cc(C(C)(C)C)ccc3B5c3ccc(C(C)(C)C)cc3N4c3cccc(C(C)(C)C)c3)cccc12. The van der Waals surface area contributed by atoms with E-state index >= 15 is 0 Å². The normalized spacial score (nSPS) is 13.7. The zero-order valence-electron chi connectivity index (χ0n) is 45.0. The Morgan fingerprint density at radius 3 is 1.36 bits per heavy atom. The number of hydrogen-bond acceptors (Lipinski definition) is 4. The van der Waals surface area contributed by atoms with Crippen molar-refractivity contribution in [3.05, 3.63) is 192 Å². The number of rotatable bonds is 6. The van der Waals surface area contributed by atoms with Crippen molar-refractivity contribution in [2.45, 2.75) is 125 Å². The fraction of sp³-hybridized carbons (Fsp3) is 0.284. The zero-order valence-corrected chi connectivity index (χ0v) is 45.0. The average Bonchev–Trinajstić information content (AvgIpc) is 3.72. The molecule has 8 aromatic carbocycles. The van der Waals surface area contributed by atoms with Gasteiger partial charge in [-0.3, -0.25) is 0 Å². The fourth-order valence-corrected chi connectivity index (χ4v) is 11.3. The molecular weight excluding hydrogens is 874 g/mol. The summed E-state index contributed by atoms with van der Waals surface area (Å²) in [5.74, 6) is 0.304. The van der Waals surface area contributed by atoms with E-state index in [4.69, 9.17) is 4.42 Å². The first-order valence-electron chi connectivity index (χ1n) is 26.2. The van der Waals surface area contributed by atoms with Gasteiger partial charge in [0.1, 0.15) is 5.58 Å². The second kappa shape index (κ2) is 16.8. The summed E-state index contributed by atoms with van der Waals surface area (Å²) in [4.78, 5) is 7.63. The zero-order chi connectivity index (χ0) is 50.8. The second-order valence-corrected chi connectivity index (χ2v) is 25.0. The van der Waals surface area contributed by atoms with E-state index < -0.39 is 0 Å². The summed E-state index contributed by atoms with van der Waals surface area (Å²) in [6.07, 6.45) is 0. The third-order valence-corrected chi connectivity index (χ3v) is 15.4. The largest absolute Gasteiger partial charge is 0.454 e. The molecule has 0 bridgehead atoms. The van der Waals surface area contributed by atoms with Crippen molar-refractivity contribution < 1.29 is 4.42 Å². The maximum atomic E-state index is 7.19. The number of anilines is 9. The second-order valence-electron chi connectivity index (χ2n) is 25.0. The lowest BCUT2D eigenvalue weighted by atomic mass is 9.33. The maximum Gasteiger partial charge on any atom is 0.252 e. The van der Waals surface area contributed by atoms with Crippen LogP contribution in [-0.2, 0) is 21.7 Å². The van der Waals surface area contributed by atoms with Crippen LogP contribution in [0.4, 0.5) is 51.2 Å². The highest BCUT2D eigenvalue weighted by Gasteiger charge is 2.45. The first-order chi connectivity index (χ1) is 34.1. The lowest BCUT2D eigenvalue weighted by molar-refractivity contribution is 0.589. The van der Waals surface area contributed by atoms with Gasteiger partial charge in [0.05, 0.1) is 11.4 Å². The first kappa shape index (κ1) is 47.4. The lowest BCUT2D eigenvalue weighted by Gasteiger charge is -2.46. The Bertz CT molecular complexity index is 3420. The molecule has 1 aromatic heterocycles. The van der Waals surface area contributed by atoms with Crippen molar-refractivity contribution in [2.24, 2.45) is 0 Å². The highest BCUT2D eigenvalue weighted by Crippen LogP contribution is 2.51. The molecule has 0 fully saturated rings. The van der Waals surface area contributed by atoms with Crippen molar-refractivity contribution in [1.82, 2.24) is 0 Å². The summed E-state index contributed by atoms with van der Waals surface area (Å²) in [6, 6.07) is 62.4. The van der Waals surface area contributed by atoms with Crippen LogP contribution < -0.4 is 31.1 Å². The Labute approximate surface area is 429 Å². The van der Waals surface area contributed by atoms with Crippen LogP contribution in [0.1, 0.15) is 131 Å². The molecule has 9 aromatic rings. The molecule has 3 heterocycles. The summed E-state index contributed by atoms with van der Waals surface area (Å²) < 4.78 is 7.19. The van der Waals surface area contributed by atoms with E-state index in [1.165, 1.54) is 67.0 Å². The Balaban J connectivity index is 1.31. The molecule has 2 aliphatic rings. The van der Waals surface area contributed by atoms with Crippen molar-refractivity contribution in [3.63, 3.8) is 0 Å². The molecule has 0 aliphatic carbocycles. The molecule has 0 saturated carbocycles. The molecule has 5 heteroatoms. The van der Waals surface area contributed by atoms with E-state index in [2.05, 4.69) is 275 Å². The molecule has 0 spiro atoms. The van der Waals surface area contributed by atoms with Crippen LogP contribution in [0.3, 0.4) is 0 Å². The molecule has 0 atom stereocenters. The van der Waals surface area contributed by atoms with Crippen LogP contribution in [0.25, 0.3) is 21.9 Å². The van der Waals surface area contributed by atoms with Crippen molar-refractivity contribution in [1.29, 1.82) is 0 Å². The lowest BCUT2D eigenvalue weighted by Crippen LogP contribution is -2.61. The van der Waals surface area contributed by atoms with Gasteiger partial charge >= 0.3 is 0 Å². The van der Waals surface area contributed by atoms with Gasteiger partial charge in [-0.2, -0.15) is 0 Å². The summed E-state index contributed by atoms with van der Waals surface area (Å²) >= 11 is 0. The summed E-state index contributed by atoms with van der Waals surface area (Å²) in [5.41, 5.74) is 22.1. The molecule has 11 rings (SSSR count). The van der Waals surface area contributed by atoms with Gasteiger partial charge in [-0.05, 0) is 139 Å². The van der Waals surface area contributed by atoms with Gasteiger partial charge in [0.25, 0.3) is 6.71 Å². The maximum absolute atomic E-state index is 7.19. The highest BCUT2D eigenvalue weighted by atomic mass is 16.3. The van der Waals surface area contributed by atoms with Crippen molar-refractivity contribution >= 4 is 96.2 Å². The van der Waals surface area contributed by atoms with Crippen LogP contribution in [-0.4, -0.2) is 6.71 Å². The van der Waals surface area contributed by atoms with Gasteiger partial charge in [0.2, 0.25) is 0 Å². The molecule has 0 N–H and O–H groups in total. The van der Waals surface area contributed by atoms with Crippen molar-refractivity contribution in [2.75, 3.05) is 14.7 Å². The first-order valence-corrected chi connectivity index (χ1v) is 26.2. The van der Waals surface area contributed by atoms with Gasteiger partial charge < -0.3 is 19.1 Å². The molecule has 2 aliphatic heterocycles. The van der Waals surface area contributed by atoms with Crippen LogP contribution >= 0.6 is 0 Å². The van der Waals surface area contributed by atoms with E-state index in [0.29, 0.717) is 5.92 Å². The van der Waals surface area contributed by atoms with Crippen LogP contribution in [0.2, 0.25) is 0 Å². The number of fused-ring (bicyclic) bond motifs is 7. The van der Waals surface area contributed by atoms with Gasteiger partial charge in [-0.1, -0.05) is 194 Å². The molecule has 0 radical (unpaired) electrons. The van der Waals surface area contributed by atoms with E-state index in [1.54, 1.807) is 0 Å². The Hall–Kier alpha value is -6.98. The highest BCUT2D eigenvalue weighted by molar-refractivity contribution is 7.00. The molecule has 4 nitrogen and oxygen atoms in total. The van der Waals surface area contributed by atoms with Crippen molar-refractivity contribution in [3.8, 4) is 0 Å². The minimum atomic E-state index is -0.0764. The number of hydrogen-bond donors (Lipinski definition) is 0. The monoisotopic (exact) mass is 944 g/mol. The predicted molar refractivity (Wildman–Crippen MR) is 311 cm³/mol.